The van der Waals surface area contributed by atoms with E-state index >= 15 is 0 Å². The molecule has 0 amide bonds. The van der Waals surface area contributed by atoms with Crippen LogP contribution in [0.25, 0.3) is 0 Å². The number of benzene rings is 1. The Labute approximate surface area is 115 Å². The second kappa shape index (κ2) is 5.91. The van der Waals surface area contributed by atoms with Crippen LogP contribution >= 0.6 is 0 Å². The smallest absolute Gasteiger partial charge is 0.358 e. The molecule has 0 spiro atoms. The Kier molecular flexibility index (Phi) is 4.86. The van der Waals surface area contributed by atoms with Crippen LogP contribution in [-0.4, -0.2) is 25.1 Å². The first-order valence-corrected chi connectivity index (χ1v) is 5.51. The van der Waals surface area contributed by atoms with E-state index in [9.17, 15) is 26.3 Å². The Morgan fingerprint density at radius 3 is 1.90 bits per heavy atom. The van der Waals surface area contributed by atoms with Gasteiger partial charge in [0, 0.05) is 0 Å². The molecule has 1 aromatic carbocycles. The lowest BCUT2D eigenvalue weighted by molar-refractivity contribution is -0.323. The van der Waals surface area contributed by atoms with Gasteiger partial charge in [0.15, 0.2) is 5.54 Å². The number of rotatable bonds is 4. The van der Waals surface area contributed by atoms with E-state index in [0.717, 1.165) is 0 Å². The highest BCUT2D eigenvalue weighted by atomic mass is 19.4. The number of ether oxygens (including phenoxy) is 1. The molecule has 21 heavy (non-hydrogen) atoms. The lowest BCUT2D eigenvalue weighted by atomic mass is 9.93. The third-order valence-electron chi connectivity index (χ3n) is 2.56. The average Bonchev–Trinajstić information content (AvgIpc) is 2.36. The van der Waals surface area contributed by atoms with Crippen LogP contribution in [0.1, 0.15) is 5.56 Å². The monoisotopic (exact) mass is 312 g/mol. The topological polar surface area (TPSA) is 59.0 Å². The van der Waals surface area contributed by atoms with Crippen molar-refractivity contribution in [3.63, 3.8) is 0 Å². The zero-order chi connectivity index (χ0) is 16.3. The van der Waals surface area contributed by atoms with E-state index in [-0.39, 0.29) is 5.56 Å². The van der Waals surface area contributed by atoms with Gasteiger partial charge in [-0.1, -0.05) is 30.3 Å². The molecule has 2 N–H and O–H groups in total. The molecule has 0 radical (unpaired) electrons. The fraction of sp³-hybridized carbons (Fsp3) is 0.417. The number of halogens is 6. The first kappa shape index (κ1) is 17.3. The maximum atomic E-state index is 12.3. The lowest BCUT2D eigenvalue weighted by Gasteiger charge is -2.28. The second-order valence-electron chi connectivity index (χ2n) is 4.22. The Balaban J connectivity index is 2.96. The SMILES string of the molecule is N#CC(N)(COC(C(F)(F)F)C(F)(F)F)c1ccccc1. The van der Waals surface area contributed by atoms with Gasteiger partial charge in [-0.2, -0.15) is 31.6 Å². The molecule has 3 nitrogen and oxygen atoms in total. The predicted octanol–water partition coefficient (Wildman–Crippen LogP) is 2.87. The first-order chi connectivity index (χ1) is 9.50. The largest absolute Gasteiger partial charge is 0.423 e. The van der Waals surface area contributed by atoms with Crippen LogP contribution in [0.2, 0.25) is 0 Å². The minimum Gasteiger partial charge on any atom is -0.358 e. The molecular formula is C12H10F6N2O. The maximum Gasteiger partial charge on any atom is 0.423 e. The van der Waals surface area contributed by atoms with Gasteiger partial charge in [0.25, 0.3) is 0 Å². The van der Waals surface area contributed by atoms with E-state index in [0.29, 0.717) is 0 Å². The van der Waals surface area contributed by atoms with Crippen LogP contribution in [0, 0.1) is 11.3 Å². The summed E-state index contributed by atoms with van der Waals surface area (Å²) < 4.78 is 77.9. The van der Waals surface area contributed by atoms with Crippen molar-refractivity contribution in [3.8, 4) is 6.07 Å². The van der Waals surface area contributed by atoms with Crippen molar-refractivity contribution in [2.45, 2.75) is 24.0 Å². The molecule has 0 bridgehead atoms. The van der Waals surface area contributed by atoms with Crippen LogP contribution in [0.5, 0.6) is 0 Å². The molecule has 0 aliphatic heterocycles. The third-order valence-corrected chi connectivity index (χ3v) is 2.56. The minimum atomic E-state index is -5.65. The molecule has 0 saturated carbocycles. The van der Waals surface area contributed by atoms with E-state index in [1.807, 2.05) is 0 Å². The third kappa shape index (κ3) is 4.34. The molecule has 0 aliphatic carbocycles. The van der Waals surface area contributed by atoms with Crippen molar-refractivity contribution in [3.05, 3.63) is 35.9 Å². The van der Waals surface area contributed by atoms with Gasteiger partial charge >= 0.3 is 12.4 Å². The van der Waals surface area contributed by atoms with Crippen molar-refractivity contribution in [1.82, 2.24) is 0 Å². The Morgan fingerprint density at radius 1 is 1.05 bits per heavy atom. The van der Waals surface area contributed by atoms with Crippen LogP contribution in [0.4, 0.5) is 26.3 Å². The second-order valence-corrected chi connectivity index (χ2v) is 4.22. The summed E-state index contributed by atoms with van der Waals surface area (Å²) in [5.41, 5.74) is 3.47. The number of hydrogen-bond donors (Lipinski definition) is 1. The molecule has 0 aromatic heterocycles. The highest BCUT2D eigenvalue weighted by Crippen LogP contribution is 2.36. The summed E-state index contributed by atoms with van der Waals surface area (Å²) in [5, 5.41) is 8.94. The van der Waals surface area contributed by atoms with Gasteiger partial charge in [-0.3, -0.25) is 0 Å². The van der Waals surface area contributed by atoms with Crippen molar-refractivity contribution in [2.75, 3.05) is 6.61 Å². The van der Waals surface area contributed by atoms with Crippen LogP contribution in [-0.2, 0) is 10.3 Å². The summed E-state index contributed by atoms with van der Waals surface area (Å²) in [7, 11) is 0. The molecule has 0 saturated heterocycles. The summed E-state index contributed by atoms with van der Waals surface area (Å²) in [4.78, 5) is 0. The predicted molar refractivity (Wildman–Crippen MR) is 59.8 cm³/mol. The van der Waals surface area contributed by atoms with Gasteiger partial charge in [0.05, 0.1) is 12.7 Å². The molecule has 9 heteroatoms. The Bertz CT molecular complexity index is 493. The average molecular weight is 312 g/mol. The van der Waals surface area contributed by atoms with Crippen LogP contribution in [0.3, 0.4) is 0 Å². The fourth-order valence-electron chi connectivity index (χ4n) is 1.51. The standard InChI is InChI=1S/C12H10F6N2O/c13-11(14,15)9(12(16,17)18)21-7-10(20,6-19)8-4-2-1-3-5-8/h1-5,9H,7,20H2. The van der Waals surface area contributed by atoms with Gasteiger partial charge in [-0.15, -0.1) is 0 Å². The summed E-state index contributed by atoms with van der Waals surface area (Å²) in [6.45, 7) is -1.25. The van der Waals surface area contributed by atoms with Gasteiger partial charge in [-0.25, -0.2) is 0 Å². The summed E-state index contributed by atoms with van der Waals surface area (Å²) in [6, 6.07) is 8.53. The summed E-state index contributed by atoms with van der Waals surface area (Å²) >= 11 is 0. The van der Waals surface area contributed by atoms with Crippen molar-refractivity contribution >= 4 is 0 Å². The number of nitrogens with two attached hydrogens (primary N) is 1. The van der Waals surface area contributed by atoms with E-state index in [1.54, 1.807) is 6.07 Å². The van der Waals surface area contributed by atoms with E-state index in [4.69, 9.17) is 11.0 Å². The summed E-state index contributed by atoms with van der Waals surface area (Å²) in [6.07, 6.45) is -15.3. The molecule has 116 valence electrons. The lowest BCUT2D eigenvalue weighted by Crippen LogP contribution is -2.49. The summed E-state index contributed by atoms with van der Waals surface area (Å²) in [5.74, 6) is 0. The number of alkyl halides is 6. The molecule has 1 aromatic rings. The minimum absolute atomic E-state index is 0.0515. The molecule has 1 atom stereocenters. The Hall–Kier alpha value is -1.79. The van der Waals surface area contributed by atoms with Gasteiger partial charge in [0.1, 0.15) is 0 Å². The maximum absolute atomic E-state index is 12.3. The zero-order valence-electron chi connectivity index (χ0n) is 10.4. The number of nitriles is 1. The Morgan fingerprint density at radius 2 is 1.52 bits per heavy atom. The fourth-order valence-corrected chi connectivity index (χ4v) is 1.51. The zero-order valence-corrected chi connectivity index (χ0v) is 10.4. The molecule has 0 heterocycles. The van der Waals surface area contributed by atoms with E-state index < -0.39 is 30.6 Å². The molecule has 0 fully saturated rings. The quantitative estimate of drug-likeness (QED) is 0.870. The highest BCUT2D eigenvalue weighted by Gasteiger charge is 2.58. The van der Waals surface area contributed by atoms with Crippen molar-refractivity contribution < 1.29 is 31.1 Å². The molecular weight excluding hydrogens is 302 g/mol. The van der Waals surface area contributed by atoms with Gasteiger partial charge in [0.2, 0.25) is 6.10 Å². The van der Waals surface area contributed by atoms with Crippen molar-refractivity contribution in [1.29, 1.82) is 5.26 Å². The van der Waals surface area contributed by atoms with Crippen LogP contribution in [0.15, 0.2) is 30.3 Å². The van der Waals surface area contributed by atoms with Gasteiger partial charge in [-0.05, 0) is 5.56 Å². The number of hydrogen-bond acceptors (Lipinski definition) is 3. The number of nitrogens with zero attached hydrogens (tertiary/aromatic N) is 1. The van der Waals surface area contributed by atoms with Gasteiger partial charge < -0.3 is 10.5 Å². The molecule has 0 aliphatic rings. The van der Waals surface area contributed by atoms with E-state index in [1.165, 1.54) is 30.3 Å². The highest BCUT2D eigenvalue weighted by molar-refractivity contribution is 5.30. The first-order valence-electron chi connectivity index (χ1n) is 5.51. The normalized spacial score (nSPS) is 15.6. The molecule has 1 rings (SSSR count). The van der Waals surface area contributed by atoms with E-state index in [2.05, 4.69) is 4.74 Å². The van der Waals surface area contributed by atoms with Crippen LogP contribution < -0.4 is 5.73 Å². The van der Waals surface area contributed by atoms with Crippen molar-refractivity contribution in [2.24, 2.45) is 5.73 Å². The molecule has 1 unspecified atom stereocenters.